The predicted molar refractivity (Wildman–Crippen MR) is 70.5 cm³/mol. The van der Waals surface area contributed by atoms with E-state index in [4.69, 9.17) is 4.74 Å². The lowest BCUT2D eigenvalue weighted by molar-refractivity contribution is 0.276. The van der Waals surface area contributed by atoms with Crippen molar-refractivity contribution >= 4 is 10.9 Å². The van der Waals surface area contributed by atoms with Crippen molar-refractivity contribution in [3.05, 3.63) is 35.9 Å². The third-order valence-corrected chi connectivity index (χ3v) is 3.42. The summed E-state index contributed by atoms with van der Waals surface area (Å²) < 4.78 is 5.69. The first-order valence-corrected chi connectivity index (χ1v) is 6.49. The van der Waals surface area contributed by atoms with Crippen LogP contribution in [0.2, 0.25) is 0 Å². The summed E-state index contributed by atoms with van der Waals surface area (Å²) >= 11 is 0. The number of aliphatic hydroxyl groups excluding tert-OH is 1. The molecule has 0 unspecified atom stereocenters. The molecule has 0 aliphatic heterocycles. The second kappa shape index (κ2) is 4.94. The minimum absolute atomic E-state index is 0.0159. The first-order valence-electron chi connectivity index (χ1n) is 6.49. The lowest BCUT2D eigenvalue weighted by Crippen LogP contribution is -2.01. The third-order valence-electron chi connectivity index (χ3n) is 3.42. The van der Waals surface area contributed by atoms with Gasteiger partial charge in [-0.15, -0.1) is 0 Å². The number of para-hydroxylation sites is 1. The first-order chi connectivity index (χ1) is 8.86. The first kappa shape index (κ1) is 11.5. The van der Waals surface area contributed by atoms with Crippen LogP contribution in [0.4, 0.5) is 0 Å². The maximum atomic E-state index is 9.40. The maximum Gasteiger partial charge on any atom is 0.214 e. The summed E-state index contributed by atoms with van der Waals surface area (Å²) in [5, 5.41) is 10.4. The number of rotatable bonds is 5. The Hall–Kier alpha value is -1.61. The molecule has 0 bridgehead atoms. The number of ether oxygens (including phenoxy) is 1. The fourth-order valence-electron chi connectivity index (χ4n) is 2.16. The smallest absolute Gasteiger partial charge is 0.214 e. The van der Waals surface area contributed by atoms with Crippen LogP contribution in [-0.4, -0.2) is 16.7 Å². The van der Waals surface area contributed by atoms with Crippen molar-refractivity contribution in [2.45, 2.75) is 25.9 Å². The van der Waals surface area contributed by atoms with E-state index in [1.54, 1.807) is 0 Å². The molecule has 0 atom stereocenters. The zero-order valence-electron chi connectivity index (χ0n) is 10.3. The number of pyridine rings is 1. The zero-order valence-corrected chi connectivity index (χ0v) is 10.3. The van der Waals surface area contributed by atoms with Crippen molar-refractivity contribution in [2.24, 2.45) is 5.92 Å². The molecule has 1 aliphatic rings. The van der Waals surface area contributed by atoms with Gasteiger partial charge >= 0.3 is 0 Å². The molecule has 3 nitrogen and oxygen atoms in total. The van der Waals surface area contributed by atoms with Crippen molar-refractivity contribution in [1.82, 2.24) is 4.98 Å². The summed E-state index contributed by atoms with van der Waals surface area (Å²) in [4.78, 5) is 4.47. The Morgan fingerprint density at radius 1 is 1.28 bits per heavy atom. The second-order valence-corrected chi connectivity index (χ2v) is 4.88. The van der Waals surface area contributed by atoms with Gasteiger partial charge in [-0.3, -0.25) is 0 Å². The Bertz CT molecular complexity index is 549. The molecule has 1 aliphatic carbocycles. The van der Waals surface area contributed by atoms with E-state index in [2.05, 4.69) is 4.98 Å². The van der Waals surface area contributed by atoms with Crippen molar-refractivity contribution < 1.29 is 9.84 Å². The van der Waals surface area contributed by atoms with Crippen LogP contribution >= 0.6 is 0 Å². The number of fused-ring (bicyclic) bond motifs is 1. The van der Waals surface area contributed by atoms with Crippen molar-refractivity contribution in [2.75, 3.05) is 6.61 Å². The minimum Gasteiger partial charge on any atom is -0.478 e. The Balaban J connectivity index is 1.82. The van der Waals surface area contributed by atoms with Crippen LogP contribution in [0.5, 0.6) is 5.88 Å². The lowest BCUT2D eigenvalue weighted by Gasteiger charge is -2.09. The summed E-state index contributed by atoms with van der Waals surface area (Å²) in [6, 6.07) is 9.67. The molecule has 1 heterocycles. The maximum absolute atomic E-state index is 9.40. The van der Waals surface area contributed by atoms with E-state index in [1.165, 1.54) is 12.8 Å². The van der Waals surface area contributed by atoms with Crippen molar-refractivity contribution in [1.29, 1.82) is 0 Å². The van der Waals surface area contributed by atoms with Crippen LogP contribution < -0.4 is 4.74 Å². The number of nitrogens with zero attached hydrogens (tertiary/aromatic N) is 1. The highest BCUT2D eigenvalue weighted by Crippen LogP contribution is 2.32. The van der Waals surface area contributed by atoms with Crippen molar-refractivity contribution in [3.8, 4) is 5.88 Å². The minimum atomic E-state index is 0.0159. The van der Waals surface area contributed by atoms with Gasteiger partial charge in [0.05, 0.1) is 18.7 Å². The van der Waals surface area contributed by atoms with Crippen LogP contribution in [0.3, 0.4) is 0 Å². The van der Waals surface area contributed by atoms with E-state index in [9.17, 15) is 5.11 Å². The van der Waals surface area contributed by atoms with Crippen LogP contribution in [0.15, 0.2) is 30.3 Å². The monoisotopic (exact) mass is 243 g/mol. The highest BCUT2D eigenvalue weighted by molar-refractivity contribution is 5.82. The molecule has 1 N–H and O–H groups in total. The summed E-state index contributed by atoms with van der Waals surface area (Å²) in [6.07, 6.45) is 3.80. The van der Waals surface area contributed by atoms with Gasteiger partial charge in [-0.05, 0) is 24.0 Å². The van der Waals surface area contributed by atoms with Crippen LogP contribution in [0.1, 0.15) is 24.8 Å². The molecule has 1 saturated carbocycles. The molecule has 2 aromatic rings. The predicted octanol–water partition coefficient (Wildman–Crippen LogP) is 2.91. The number of aliphatic hydroxyl groups is 1. The van der Waals surface area contributed by atoms with E-state index in [1.807, 2.05) is 30.3 Å². The molecule has 0 radical (unpaired) electrons. The summed E-state index contributed by atoms with van der Waals surface area (Å²) in [6.45, 7) is 0.739. The van der Waals surface area contributed by atoms with Gasteiger partial charge in [-0.2, -0.15) is 0 Å². The van der Waals surface area contributed by atoms with Crippen molar-refractivity contribution in [3.63, 3.8) is 0 Å². The van der Waals surface area contributed by atoms with E-state index in [0.29, 0.717) is 5.88 Å². The summed E-state index contributed by atoms with van der Waals surface area (Å²) in [7, 11) is 0. The highest BCUT2D eigenvalue weighted by atomic mass is 16.5. The fraction of sp³-hybridized carbons (Fsp3) is 0.400. The topological polar surface area (TPSA) is 42.4 Å². The quantitative estimate of drug-likeness (QED) is 0.878. The molecule has 0 saturated heterocycles. The Kier molecular flexibility index (Phi) is 3.15. The molecule has 1 aromatic carbocycles. The molecule has 3 rings (SSSR count). The van der Waals surface area contributed by atoms with Crippen LogP contribution in [-0.2, 0) is 6.61 Å². The van der Waals surface area contributed by atoms with E-state index in [0.717, 1.165) is 35.4 Å². The number of hydrogen-bond acceptors (Lipinski definition) is 3. The Morgan fingerprint density at radius 3 is 2.89 bits per heavy atom. The summed E-state index contributed by atoms with van der Waals surface area (Å²) in [5.41, 5.74) is 1.76. The fourth-order valence-corrected chi connectivity index (χ4v) is 2.16. The van der Waals surface area contributed by atoms with Gasteiger partial charge in [-0.1, -0.05) is 31.0 Å². The lowest BCUT2D eigenvalue weighted by atomic mass is 10.1. The largest absolute Gasteiger partial charge is 0.478 e. The second-order valence-electron chi connectivity index (χ2n) is 4.88. The third kappa shape index (κ3) is 2.46. The standard InChI is InChI=1S/C15H17NO2/c17-10-12-9-15(18-8-7-11-5-6-11)16-14-4-2-1-3-13(12)14/h1-4,9,11,17H,5-8,10H2. The molecule has 0 spiro atoms. The number of hydrogen-bond donors (Lipinski definition) is 1. The zero-order chi connectivity index (χ0) is 12.4. The van der Waals surface area contributed by atoms with Gasteiger partial charge in [-0.25, -0.2) is 4.98 Å². The van der Waals surface area contributed by atoms with Gasteiger partial charge < -0.3 is 9.84 Å². The summed E-state index contributed by atoms with van der Waals surface area (Å²) in [5.74, 6) is 1.49. The van der Waals surface area contributed by atoms with Gasteiger partial charge in [0.2, 0.25) is 5.88 Å². The molecule has 0 amide bonds. The molecule has 1 fully saturated rings. The molecule has 18 heavy (non-hydrogen) atoms. The van der Waals surface area contributed by atoms with E-state index in [-0.39, 0.29) is 6.61 Å². The molecular weight excluding hydrogens is 226 g/mol. The molecule has 94 valence electrons. The van der Waals surface area contributed by atoms with Gasteiger partial charge in [0.25, 0.3) is 0 Å². The SMILES string of the molecule is OCc1cc(OCCC2CC2)nc2ccccc12. The van der Waals surface area contributed by atoms with Gasteiger partial charge in [0, 0.05) is 11.5 Å². The van der Waals surface area contributed by atoms with Crippen LogP contribution in [0.25, 0.3) is 10.9 Å². The average molecular weight is 243 g/mol. The van der Waals surface area contributed by atoms with Crippen LogP contribution in [0, 0.1) is 5.92 Å². The Labute approximate surface area is 106 Å². The average Bonchev–Trinajstić information content (AvgIpc) is 3.22. The highest BCUT2D eigenvalue weighted by Gasteiger charge is 2.20. The number of aromatic nitrogens is 1. The van der Waals surface area contributed by atoms with E-state index < -0.39 is 0 Å². The molecular formula is C15H17NO2. The van der Waals surface area contributed by atoms with Gasteiger partial charge in [0.1, 0.15) is 0 Å². The molecule has 3 heteroatoms. The molecule has 1 aromatic heterocycles. The van der Waals surface area contributed by atoms with Gasteiger partial charge in [0.15, 0.2) is 0 Å². The Morgan fingerprint density at radius 2 is 2.11 bits per heavy atom. The number of benzene rings is 1. The van der Waals surface area contributed by atoms with E-state index >= 15 is 0 Å². The normalized spacial score (nSPS) is 14.9.